The van der Waals surface area contributed by atoms with Gasteiger partial charge in [0.25, 0.3) is 0 Å². The first-order chi connectivity index (χ1) is 9.44. The minimum absolute atomic E-state index is 0.129. The van der Waals surface area contributed by atoms with Gasteiger partial charge in [-0.05, 0) is 31.9 Å². The number of hydrogen-bond donors (Lipinski definition) is 5. The molecule has 1 unspecified atom stereocenters. The number of rotatable bonds is 8. The molecule has 0 aromatic heterocycles. The number of para-hydroxylation sites is 1. The molecule has 1 rings (SSSR count). The molecule has 0 bridgehead atoms. The fourth-order valence-corrected chi connectivity index (χ4v) is 1.53. The third-order valence-corrected chi connectivity index (χ3v) is 2.78. The number of benzene rings is 1. The number of carbonyl (C=O) groups is 1. The molecule has 7 nitrogen and oxygen atoms in total. The summed E-state index contributed by atoms with van der Waals surface area (Å²) in [6.07, 6.45) is 0.864. The molecule has 0 fully saturated rings. The maximum absolute atomic E-state index is 11.3. The van der Waals surface area contributed by atoms with Crippen LogP contribution in [0.25, 0.3) is 0 Å². The van der Waals surface area contributed by atoms with E-state index in [1.165, 1.54) is 0 Å². The van der Waals surface area contributed by atoms with Crippen LogP contribution in [0.2, 0.25) is 0 Å². The van der Waals surface area contributed by atoms with Gasteiger partial charge in [0.2, 0.25) is 0 Å². The van der Waals surface area contributed by atoms with Crippen LogP contribution in [0.15, 0.2) is 30.3 Å². The summed E-state index contributed by atoms with van der Waals surface area (Å²) in [6.45, 7) is 1.98. The Balaban J connectivity index is 2.49. The van der Waals surface area contributed by atoms with E-state index < -0.39 is 11.5 Å². The lowest BCUT2D eigenvalue weighted by Crippen LogP contribution is -2.51. The van der Waals surface area contributed by atoms with Crippen LogP contribution >= 0.6 is 0 Å². The smallest absolute Gasteiger partial charge is 0.326 e. The number of carboxylic acid groups (broad SMARTS) is 1. The van der Waals surface area contributed by atoms with Crippen molar-refractivity contribution in [3.05, 3.63) is 30.3 Å². The van der Waals surface area contributed by atoms with E-state index in [0.29, 0.717) is 25.1 Å². The highest BCUT2D eigenvalue weighted by atomic mass is 16.7. The number of guanidine groups is 1. The Kier molecular flexibility index (Phi) is 5.79. The number of nitrogens with two attached hydrogens (primary N) is 1. The highest BCUT2D eigenvalue weighted by molar-refractivity contribution is 5.78. The molecule has 0 heterocycles. The van der Waals surface area contributed by atoms with Crippen molar-refractivity contribution in [3.63, 3.8) is 0 Å². The standard InChI is InChI=1S/C13H20N4O3/c1-13(11(18)19,8-5-9-16-12(14)15)17-20-10-6-3-2-4-7-10/h2-4,6-7,17H,5,8-9H2,1H3,(H,18,19)(H4,14,15,16). The molecule has 0 amide bonds. The quantitative estimate of drug-likeness (QED) is 0.207. The van der Waals surface area contributed by atoms with Gasteiger partial charge in [0.05, 0.1) is 0 Å². The Hall–Kier alpha value is -2.28. The third-order valence-electron chi connectivity index (χ3n) is 2.78. The average Bonchev–Trinajstić information content (AvgIpc) is 2.42. The summed E-state index contributed by atoms with van der Waals surface area (Å²) in [6, 6.07) is 8.90. The summed E-state index contributed by atoms with van der Waals surface area (Å²) >= 11 is 0. The highest BCUT2D eigenvalue weighted by Crippen LogP contribution is 2.15. The van der Waals surface area contributed by atoms with Crippen LogP contribution < -0.4 is 21.4 Å². The topological polar surface area (TPSA) is 120 Å². The number of carboxylic acids is 1. The van der Waals surface area contributed by atoms with Crippen LogP contribution in [0.3, 0.4) is 0 Å². The number of hydroxylamine groups is 1. The lowest BCUT2D eigenvalue weighted by atomic mass is 9.97. The van der Waals surface area contributed by atoms with Crippen LogP contribution in [0.1, 0.15) is 19.8 Å². The summed E-state index contributed by atoms with van der Waals surface area (Å²) in [5, 5.41) is 18.9. The number of hydrogen-bond acceptors (Lipinski definition) is 4. The molecule has 6 N–H and O–H groups in total. The summed E-state index contributed by atoms with van der Waals surface area (Å²) in [4.78, 5) is 16.6. The zero-order chi connectivity index (χ0) is 15.0. The monoisotopic (exact) mass is 280 g/mol. The molecule has 1 aromatic carbocycles. The Morgan fingerprint density at radius 1 is 1.45 bits per heavy atom. The van der Waals surface area contributed by atoms with E-state index in [4.69, 9.17) is 16.0 Å². The Morgan fingerprint density at radius 2 is 2.10 bits per heavy atom. The zero-order valence-corrected chi connectivity index (χ0v) is 11.3. The molecular formula is C13H20N4O3. The molecule has 110 valence electrons. The van der Waals surface area contributed by atoms with E-state index >= 15 is 0 Å². The molecular weight excluding hydrogens is 260 g/mol. The SMILES string of the molecule is CC(CCCNC(=N)N)(NOc1ccccc1)C(=O)O. The second kappa shape index (κ2) is 7.34. The Bertz CT molecular complexity index is 452. The van der Waals surface area contributed by atoms with E-state index in [2.05, 4.69) is 10.8 Å². The van der Waals surface area contributed by atoms with Crippen molar-refractivity contribution in [1.82, 2.24) is 10.8 Å². The van der Waals surface area contributed by atoms with Crippen LogP contribution in [0.5, 0.6) is 5.75 Å². The van der Waals surface area contributed by atoms with Crippen molar-refractivity contribution in [2.45, 2.75) is 25.3 Å². The van der Waals surface area contributed by atoms with E-state index in [1.54, 1.807) is 31.2 Å². The first kappa shape index (κ1) is 15.8. The number of aliphatic carboxylic acids is 1. The molecule has 0 saturated carbocycles. The second-order valence-corrected chi connectivity index (χ2v) is 4.60. The summed E-state index contributed by atoms with van der Waals surface area (Å²) < 4.78 is 0. The minimum atomic E-state index is -1.21. The van der Waals surface area contributed by atoms with Gasteiger partial charge in [-0.15, -0.1) is 5.48 Å². The first-order valence-corrected chi connectivity index (χ1v) is 6.24. The summed E-state index contributed by atoms with van der Waals surface area (Å²) in [7, 11) is 0. The van der Waals surface area contributed by atoms with E-state index in [0.717, 1.165) is 0 Å². The fraction of sp³-hybridized carbons (Fsp3) is 0.385. The van der Waals surface area contributed by atoms with Gasteiger partial charge in [-0.1, -0.05) is 18.2 Å². The molecule has 7 heteroatoms. The third kappa shape index (κ3) is 5.15. The lowest BCUT2D eigenvalue weighted by molar-refractivity contribution is -0.148. The van der Waals surface area contributed by atoms with Gasteiger partial charge < -0.3 is 21.0 Å². The first-order valence-electron chi connectivity index (χ1n) is 6.24. The fourth-order valence-electron chi connectivity index (χ4n) is 1.53. The molecule has 0 aliphatic heterocycles. The van der Waals surface area contributed by atoms with Gasteiger partial charge in [0, 0.05) is 6.54 Å². The highest BCUT2D eigenvalue weighted by Gasteiger charge is 2.33. The maximum atomic E-state index is 11.3. The van der Waals surface area contributed by atoms with Crippen molar-refractivity contribution < 1.29 is 14.7 Å². The zero-order valence-electron chi connectivity index (χ0n) is 11.3. The molecule has 0 aliphatic rings. The molecule has 0 saturated heterocycles. The normalized spacial score (nSPS) is 13.2. The molecule has 1 atom stereocenters. The summed E-state index contributed by atoms with van der Waals surface area (Å²) in [5.41, 5.74) is 6.53. The Labute approximate surface area is 117 Å². The van der Waals surface area contributed by atoms with Gasteiger partial charge in [-0.2, -0.15) is 0 Å². The number of nitrogens with one attached hydrogen (secondary N) is 3. The van der Waals surface area contributed by atoms with Gasteiger partial charge in [-0.3, -0.25) is 10.2 Å². The molecule has 0 spiro atoms. The maximum Gasteiger partial charge on any atom is 0.326 e. The van der Waals surface area contributed by atoms with Gasteiger partial charge in [0.15, 0.2) is 5.96 Å². The van der Waals surface area contributed by atoms with E-state index in [1.807, 2.05) is 6.07 Å². The van der Waals surface area contributed by atoms with Crippen LogP contribution in [0.4, 0.5) is 0 Å². The average molecular weight is 280 g/mol. The predicted octanol–water partition coefficient (Wildman–Crippen LogP) is 0.677. The van der Waals surface area contributed by atoms with Crippen molar-refractivity contribution in [2.24, 2.45) is 5.73 Å². The van der Waals surface area contributed by atoms with Gasteiger partial charge in [-0.25, -0.2) is 0 Å². The molecule has 0 radical (unpaired) electrons. The second-order valence-electron chi connectivity index (χ2n) is 4.60. The predicted molar refractivity (Wildman–Crippen MR) is 75.4 cm³/mol. The van der Waals surface area contributed by atoms with Gasteiger partial charge >= 0.3 is 5.97 Å². The van der Waals surface area contributed by atoms with Crippen molar-refractivity contribution in [3.8, 4) is 5.75 Å². The van der Waals surface area contributed by atoms with Gasteiger partial charge in [0.1, 0.15) is 11.3 Å². The lowest BCUT2D eigenvalue weighted by Gasteiger charge is -2.25. The molecule has 1 aromatic rings. The molecule has 0 aliphatic carbocycles. The van der Waals surface area contributed by atoms with Crippen molar-refractivity contribution in [1.29, 1.82) is 5.41 Å². The largest absolute Gasteiger partial charge is 0.480 e. The van der Waals surface area contributed by atoms with Crippen molar-refractivity contribution >= 4 is 11.9 Å². The Morgan fingerprint density at radius 3 is 2.65 bits per heavy atom. The van der Waals surface area contributed by atoms with Crippen LogP contribution in [-0.4, -0.2) is 29.1 Å². The van der Waals surface area contributed by atoms with E-state index in [9.17, 15) is 9.90 Å². The minimum Gasteiger partial charge on any atom is -0.480 e. The molecule has 20 heavy (non-hydrogen) atoms. The van der Waals surface area contributed by atoms with E-state index in [-0.39, 0.29) is 5.96 Å². The summed E-state index contributed by atoms with van der Waals surface area (Å²) in [5.74, 6) is -0.589. The van der Waals surface area contributed by atoms with Crippen molar-refractivity contribution in [2.75, 3.05) is 6.54 Å². The van der Waals surface area contributed by atoms with Crippen LogP contribution in [0, 0.1) is 5.41 Å². The van der Waals surface area contributed by atoms with Crippen LogP contribution in [-0.2, 0) is 4.79 Å².